The second kappa shape index (κ2) is 16.0. The van der Waals surface area contributed by atoms with E-state index in [0.29, 0.717) is 52.7 Å². The molecule has 0 aliphatic carbocycles. The summed E-state index contributed by atoms with van der Waals surface area (Å²) in [4.78, 5) is 51.4. The molecule has 0 spiro atoms. The molecule has 15 heteroatoms. The highest BCUT2D eigenvalue weighted by Crippen LogP contribution is 2.41. The highest BCUT2D eigenvalue weighted by molar-refractivity contribution is 6.03. The number of anilines is 4. The van der Waals surface area contributed by atoms with Crippen molar-refractivity contribution in [1.82, 2.24) is 29.2 Å². The van der Waals surface area contributed by atoms with Crippen LogP contribution in [0.4, 0.5) is 32.6 Å². The summed E-state index contributed by atoms with van der Waals surface area (Å²) in [6, 6.07) is 9.86. The lowest BCUT2D eigenvalue weighted by atomic mass is 9.99. The molecule has 3 aromatic heterocycles. The first-order valence-corrected chi connectivity index (χ1v) is 18.8. The van der Waals surface area contributed by atoms with Crippen LogP contribution in [0.3, 0.4) is 0 Å². The largest absolute Gasteiger partial charge is 0.494 e. The molecule has 57 heavy (non-hydrogen) atoms. The Kier molecular flexibility index (Phi) is 11.3. The Morgan fingerprint density at radius 2 is 1.72 bits per heavy atom. The van der Waals surface area contributed by atoms with Gasteiger partial charge in [-0.1, -0.05) is 24.8 Å². The highest BCUT2D eigenvalue weighted by atomic mass is 16.6. The molecule has 4 heterocycles. The summed E-state index contributed by atoms with van der Waals surface area (Å²) in [7, 11) is 5.08. The summed E-state index contributed by atoms with van der Waals surface area (Å²) in [6.45, 7) is 16.1. The van der Waals surface area contributed by atoms with Crippen LogP contribution in [0.2, 0.25) is 0 Å². The van der Waals surface area contributed by atoms with Gasteiger partial charge in [-0.2, -0.15) is 9.78 Å². The van der Waals surface area contributed by atoms with Crippen molar-refractivity contribution in [3.63, 3.8) is 0 Å². The van der Waals surface area contributed by atoms with Gasteiger partial charge in [0.1, 0.15) is 17.0 Å². The smallest absolute Gasteiger partial charge is 0.435 e. The molecule has 2 N–H and O–H groups in total. The van der Waals surface area contributed by atoms with Crippen LogP contribution in [0.1, 0.15) is 53.5 Å². The van der Waals surface area contributed by atoms with Crippen molar-refractivity contribution in [2.75, 3.05) is 49.8 Å². The first-order valence-electron chi connectivity index (χ1n) is 18.8. The molecule has 1 aliphatic rings. The molecule has 2 amide bonds. The highest BCUT2D eigenvalue weighted by Gasteiger charge is 2.25. The second-order valence-corrected chi connectivity index (χ2v) is 16.0. The topological polar surface area (TPSA) is 158 Å². The molecule has 5 aromatic rings. The van der Waals surface area contributed by atoms with Crippen LogP contribution in [0, 0.1) is 0 Å². The van der Waals surface area contributed by atoms with E-state index in [9.17, 15) is 14.4 Å². The standard InChI is InChI=1S/C42H51N9O6/c1-11-35(52)45-31-20-32(34(55-10)21-33(31)48(8)18-19-49(9)39(53)56-41(2,3)4)46-38-43-23-29(27-22-44-51(24-27)40(54)57-42(5,6)7)36(47-38)30-25-50-17-13-15-26-14-12-16-28(30)37(26)50/h11-12,14,16,20-25H,1,13,15,17-19H2,2-10H3,(H,45,52)(H,43,46,47). The molecule has 1 aliphatic heterocycles. The van der Waals surface area contributed by atoms with Gasteiger partial charge in [-0.3, -0.25) is 4.79 Å². The molecular formula is C42H51N9O6. The van der Waals surface area contributed by atoms with Crippen molar-refractivity contribution < 1.29 is 28.6 Å². The van der Waals surface area contributed by atoms with Crippen LogP contribution >= 0.6 is 0 Å². The molecule has 0 saturated heterocycles. The Bertz CT molecular complexity index is 2330. The van der Waals surface area contributed by atoms with Crippen molar-refractivity contribution in [2.45, 2.75) is 72.1 Å². The predicted molar refractivity (Wildman–Crippen MR) is 221 cm³/mol. The summed E-state index contributed by atoms with van der Waals surface area (Å²) < 4.78 is 20.4. The first kappa shape index (κ1) is 40.3. The summed E-state index contributed by atoms with van der Waals surface area (Å²) in [5.41, 5.74) is 5.54. The minimum absolute atomic E-state index is 0.264. The van der Waals surface area contributed by atoms with Gasteiger partial charge in [0.15, 0.2) is 0 Å². The van der Waals surface area contributed by atoms with Crippen LogP contribution in [-0.2, 0) is 27.2 Å². The van der Waals surface area contributed by atoms with Gasteiger partial charge in [-0.05, 0) is 72.1 Å². The summed E-state index contributed by atoms with van der Waals surface area (Å²) in [5.74, 6) is 0.308. The minimum Gasteiger partial charge on any atom is -0.494 e. The number of hydrogen-bond acceptors (Lipinski definition) is 11. The zero-order valence-electron chi connectivity index (χ0n) is 34.1. The van der Waals surface area contributed by atoms with Gasteiger partial charge in [0.2, 0.25) is 11.9 Å². The number of para-hydroxylation sites is 1. The van der Waals surface area contributed by atoms with Crippen molar-refractivity contribution in [3.8, 4) is 28.1 Å². The fourth-order valence-electron chi connectivity index (χ4n) is 6.58. The lowest BCUT2D eigenvalue weighted by molar-refractivity contribution is -0.111. The fraction of sp³-hybridized carbons (Fsp3) is 0.381. The van der Waals surface area contributed by atoms with Gasteiger partial charge >= 0.3 is 12.2 Å². The maximum absolute atomic E-state index is 12.9. The van der Waals surface area contributed by atoms with E-state index >= 15 is 0 Å². The van der Waals surface area contributed by atoms with Crippen molar-refractivity contribution in [3.05, 3.63) is 73.3 Å². The summed E-state index contributed by atoms with van der Waals surface area (Å²) >= 11 is 0. The number of hydrogen-bond donors (Lipinski definition) is 2. The number of carbonyl (C=O) groups excluding carboxylic acids is 3. The zero-order valence-corrected chi connectivity index (χ0v) is 34.1. The molecule has 0 bridgehead atoms. The van der Waals surface area contributed by atoms with E-state index < -0.39 is 29.3 Å². The van der Waals surface area contributed by atoms with E-state index in [-0.39, 0.29) is 5.95 Å². The van der Waals surface area contributed by atoms with Crippen LogP contribution in [0.5, 0.6) is 5.75 Å². The van der Waals surface area contributed by atoms with Crippen LogP contribution in [0.25, 0.3) is 33.3 Å². The van der Waals surface area contributed by atoms with Crippen molar-refractivity contribution >= 4 is 52.0 Å². The van der Waals surface area contributed by atoms with Gasteiger partial charge in [-0.25, -0.2) is 19.6 Å². The predicted octanol–water partition coefficient (Wildman–Crippen LogP) is 7.87. The van der Waals surface area contributed by atoms with Crippen LogP contribution in [0.15, 0.2) is 67.8 Å². The summed E-state index contributed by atoms with van der Waals surface area (Å²) in [5, 5.41) is 11.6. The maximum Gasteiger partial charge on any atom is 0.435 e. The summed E-state index contributed by atoms with van der Waals surface area (Å²) in [6.07, 6.45) is 9.20. The number of methoxy groups -OCH3 is 1. The lowest BCUT2D eigenvalue weighted by Crippen LogP contribution is -2.38. The quantitative estimate of drug-likeness (QED) is 0.126. The molecule has 0 saturated carbocycles. The van der Waals surface area contributed by atoms with Gasteiger partial charge < -0.3 is 39.2 Å². The van der Waals surface area contributed by atoms with Crippen molar-refractivity contribution in [2.24, 2.45) is 0 Å². The van der Waals surface area contributed by atoms with Crippen molar-refractivity contribution in [1.29, 1.82) is 0 Å². The van der Waals surface area contributed by atoms with Gasteiger partial charge in [0, 0.05) is 80.5 Å². The number of aryl methyl sites for hydroxylation is 2. The third-order valence-electron chi connectivity index (χ3n) is 9.24. The average molecular weight is 778 g/mol. The van der Waals surface area contributed by atoms with E-state index in [2.05, 4.69) is 51.3 Å². The normalized spacial score (nSPS) is 12.5. The molecule has 15 nitrogen and oxygen atoms in total. The van der Waals surface area contributed by atoms with E-state index in [1.807, 2.05) is 32.7 Å². The molecule has 300 valence electrons. The Labute approximate surface area is 332 Å². The fourth-order valence-corrected chi connectivity index (χ4v) is 6.58. The van der Waals surface area contributed by atoms with Crippen LogP contribution < -0.4 is 20.3 Å². The third-order valence-corrected chi connectivity index (χ3v) is 9.24. The van der Waals surface area contributed by atoms with E-state index in [4.69, 9.17) is 24.2 Å². The average Bonchev–Trinajstić information content (AvgIpc) is 3.79. The molecule has 0 fully saturated rings. The number of amides is 2. The maximum atomic E-state index is 12.9. The van der Waals surface area contributed by atoms with E-state index in [0.717, 1.165) is 30.3 Å². The Morgan fingerprint density at radius 3 is 2.42 bits per heavy atom. The molecule has 0 atom stereocenters. The molecular weight excluding hydrogens is 727 g/mol. The molecule has 0 radical (unpaired) electrons. The molecule has 6 rings (SSSR count). The minimum atomic E-state index is -0.696. The Balaban J connectivity index is 1.39. The monoisotopic (exact) mass is 777 g/mol. The molecule has 2 aromatic carbocycles. The number of aromatic nitrogens is 5. The van der Waals surface area contributed by atoms with Gasteiger partial charge in [-0.15, -0.1) is 0 Å². The lowest BCUT2D eigenvalue weighted by Gasteiger charge is -2.28. The SMILES string of the molecule is C=CC(=O)Nc1cc(Nc2ncc(-c3cnn(C(=O)OC(C)(C)C)c3)c(-c3cn4c5c(cccc35)CCC4)n2)c(OC)cc1N(C)CCN(C)C(=O)OC(C)(C)C. The Morgan fingerprint density at radius 1 is 0.965 bits per heavy atom. The van der Waals surface area contributed by atoms with Crippen LogP contribution in [-0.4, -0.2) is 92.8 Å². The number of nitrogens with one attached hydrogen (secondary N) is 2. The number of carbonyl (C=O) groups is 3. The third kappa shape index (κ3) is 9.20. The van der Waals surface area contributed by atoms with Gasteiger partial charge in [0.05, 0.1) is 41.6 Å². The number of rotatable bonds is 11. The molecule has 0 unspecified atom stereocenters. The van der Waals surface area contributed by atoms with E-state index in [1.54, 1.807) is 65.7 Å². The number of likely N-dealkylation sites (N-methyl/N-ethyl adjacent to an activating group) is 2. The number of ether oxygens (including phenoxy) is 3. The first-order chi connectivity index (χ1) is 26.9. The number of nitrogens with zero attached hydrogens (tertiary/aromatic N) is 7. The van der Waals surface area contributed by atoms with Gasteiger partial charge in [0.25, 0.3) is 0 Å². The second-order valence-electron chi connectivity index (χ2n) is 16.0. The zero-order chi connectivity index (χ0) is 41.2. The number of benzene rings is 2. The Hall–Kier alpha value is -6.38. The van der Waals surface area contributed by atoms with E-state index in [1.165, 1.54) is 26.7 Å².